The zero-order valence-corrected chi connectivity index (χ0v) is 18.0. The summed E-state index contributed by atoms with van der Waals surface area (Å²) in [5.74, 6) is -0.0566. The SMILES string of the molecule is CCCCC1=C(CCCC)C(C(=O)c2ccccc2)C(C)(OC)C(C)=C1C. The first-order valence-corrected chi connectivity index (χ1v) is 10.5. The van der Waals surface area contributed by atoms with Crippen molar-refractivity contribution < 1.29 is 9.53 Å². The Morgan fingerprint density at radius 3 is 2.19 bits per heavy atom. The van der Waals surface area contributed by atoms with Gasteiger partial charge in [-0.1, -0.05) is 62.6 Å². The molecular weight excluding hydrogens is 332 g/mol. The quantitative estimate of drug-likeness (QED) is 0.442. The molecule has 0 aromatic heterocycles. The molecule has 0 spiro atoms. The molecule has 1 aliphatic carbocycles. The molecule has 0 amide bonds. The van der Waals surface area contributed by atoms with Crippen molar-refractivity contribution in [2.24, 2.45) is 5.92 Å². The molecule has 2 atom stereocenters. The van der Waals surface area contributed by atoms with Gasteiger partial charge in [0.15, 0.2) is 5.78 Å². The minimum atomic E-state index is -0.588. The fraction of sp³-hybridized carbons (Fsp3) is 0.560. The highest BCUT2D eigenvalue weighted by molar-refractivity contribution is 6.01. The molecular formula is C25H36O2. The molecule has 148 valence electrons. The van der Waals surface area contributed by atoms with E-state index in [1.807, 2.05) is 30.3 Å². The number of ether oxygens (including phenoxy) is 1. The van der Waals surface area contributed by atoms with Gasteiger partial charge in [-0.05, 0) is 63.2 Å². The second kappa shape index (κ2) is 9.50. The summed E-state index contributed by atoms with van der Waals surface area (Å²) in [5, 5.41) is 0. The largest absolute Gasteiger partial charge is 0.373 e. The van der Waals surface area contributed by atoms with Crippen molar-refractivity contribution in [1.82, 2.24) is 0 Å². The lowest BCUT2D eigenvalue weighted by Gasteiger charge is -2.44. The molecule has 1 aromatic carbocycles. The normalized spacial score (nSPS) is 23.1. The number of hydrogen-bond donors (Lipinski definition) is 0. The van der Waals surface area contributed by atoms with Crippen molar-refractivity contribution in [3.63, 3.8) is 0 Å². The van der Waals surface area contributed by atoms with Gasteiger partial charge < -0.3 is 4.74 Å². The molecule has 0 aliphatic heterocycles. The average Bonchev–Trinajstić information content (AvgIpc) is 2.70. The van der Waals surface area contributed by atoms with Crippen LogP contribution in [-0.2, 0) is 4.74 Å². The van der Waals surface area contributed by atoms with Crippen LogP contribution in [0.1, 0.15) is 83.5 Å². The van der Waals surface area contributed by atoms with Crippen LogP contribution in [0.15, 0.2) is 52.6 Å². The van der Waals surface area contributed by atoms with E-state index in [1.165, 1.54) is 22.3 Å². The molecule has 0 saturated carbocycles. The van der Waals surface area contributed by atoms with Crippen molar-refractivity contribution in [2.45, 2.75) is 78.7 Å². The van der Waals surface area contributed by atoms with E-state index in [0.29, 0.717) is 0 Å². The van der Waals surface area contributed by atoms with Crippen LogP contribution in [0.25, 0.3) is 0 Å². The molecule has 2 rings (SSSR count). The van der Waals surface area contributed by atoms with Crippen molar-refractivity contribution in [3.05, 3.63) is 58.2 Å². The minimum Gasteiger partial charge on any atom is -0.373 e. The zero-order chi connectivity index (χ0) is 20.0. The lowest BCUT2D eigenvalue weighted by atomic mass is 9.65. The van der Waals surface area contributed by atoms with Gasteiger partial charge in [0.25, 0.3) is 0 Å². The molecule has 0 bridgehead atoms. The molecule has 0 saturated heterocycles. The molecule has 0 heterocycles. The zero-order valence-electron chi connectivity index (χ0n) is 18.0. The van der Waals surface area contributed by atoms with E-state index in [9.17, 15) is 4.79 Å². The Kier molecular flexibility index (Phi) is 7.61. The summed E-state index contributed by atoms with van der Waals surface area (Å²) >= 11 is 0. The van der Waals surface area contributed by atoms with Crippen molar-refractivity contribution >= 4 is 5.78 Å². The predicted octanol–water partition coefficient (Wildman–Crippen LogP) is 6.92. The van der Waals surface area contributed by atoms with Crippen LogP contribution in [-0.4, -0.2) is 18.5 Å². The maximum Gasteiger partial charge on any atom is 0.173 e. The molecule has 0 N–H and O–H groups in total. The highest BCUT2D eigenvalue weighted by Gasteiger charge is 2.47. The Bertz CT molecular complexity index is 711. The summed E-state index contributed by atoms with van der Waals surface area (Å²) in [6.45, 7) is 10.9. The van der Waals surface area contributed by atoms with Crippen LogP contribution in [0.5, 0.6) is 0 Å². The number of Topliss-reactive ketones (excluding diaryl/α,β-unsaturated/α-hetero) is 1. The second-order valence-electron chi connectivity index (χ2n) is 7.94. The summed E-state index contributed by atoms with van der Waals surface area (Å²) < 4.78 is 6.07. The molecule has 27 heavy (non-hydrogen) atoms. The number of unbranched alkanes of at least 4 members (excludes halogenated alkanes) is 2. The Labute approximate surface area is 165 Å². The second-order valence-corrected chi connectivity index (χ2v) is 7.94. The number of rotatable bonds is 9. The number of carbonyl (C=O) groups excluding carboxylic acids is 1. The third-order valence-corrected chi connectivity index (χ3v) is 6.37. The maximum absolute atomic E-state index is 13.7. The lowest BCUT2D eigenvalue weighted by Crippen LogP contribution is -2.46. The smallest absolute Gasteiger partial charge is 0.173 e. The number of methoxy groups -OCH3 is 1. The van der Waals surface area contributed by atoms with Gasteiger partial charge in [-0.2, -0.15) is 0 Å². The van der Waals surface area contributed by atoms with Crippen LogP contribution in [0.2, 0.25) is 0 Å². The monoisotopic (exact) mass is 368 g/mol. The summed E-state index contributed by atoms with van der Waals surface area (Å²) in [5.41, 5.74) is 5.44. The lowest BCUT2D eigenvalue weighted by molar-refractivity contribution is 0.000514. The molecule has 2 heteroatoms. The number of benzene rings is 1. The number of carbonyl (C=O) groups is 1. The number of allylic oxidation sites excluding steroid dienone is 2. The minimum absolute atomic E-state index is 0.187. The van der Waals surface area contributed by atoms with Crippen LogP contribution in [0.4, 0.5) is 0 Å². The van der Waals surface area contributed by atoms with Gasteiger partial charge in [0.1, 0.15) is 5.60 Å². The Balaban J connectivity index is 2.65. The molecule has 1 aromatic rings. The van der Waals surface area contributed by atoms with Gasteiger partial charge in [-0.25, -0.2) is 0 Å². The summed E-state index contributed by atoms with van der Waals surface area (Å²) in [4.78, 5) is 13.7. The maximum atomic E-state index is 13.7. The molecule has 2 nitrogen and oxygen atoms in total. The van der Waals surface area contributed by atoms with E-state index in [4.69, 9.17) is 4.74 Å². The Morgan fingerprint density at radius 2 is 1.63 bits per heavy atom. The molecule has 1 aliphatic rings. The van der Waals surface area contributed by atoms with Crippen molar-refractivity contribution in [2.75, 3.05) is 7.11 Å². The molecule has 2 unspecified atom stereocenters. The number of ketones is 1. The Hall–Kier alpha value is -1.67. The van der Waals surface area contributed by atoms with Crippen LogP contribution < -0.4 is 0 Å². The summed E-state index contributed by atoms with van der Waals surface area (Å²) in [7, 11) is 1.75. The standard InChI is InChI=1S/C25H36O2/c1-7-9-16-21-18(3)19(4)25(5,27-6)23(22(21)17-10-8-2)24(26)20-14-12-11-13-15-20/h11-15,23H,7-10,16-17H2,1-6H3. The van der Waals surface area contributed by atoms with E-state index < -0.39 is 5.60 Å². The van der Waals surface area contributed by atoms with Gasteiger partial charge >= 0.3 is 0 Å². The average molecular weight is 369 g/mol. The van der Waals surface area contributed by atoms with E-state index >= 15 is 0 Å². The first-order chi connectivity index (χ1) is 12.9. The van der Waals surface area contributed by atoms with Gasteiger partial charge in [-0.15, -0.1) is 0 Å². The van der Waals surface area contributed by atoms with E-state index in [-0.39, 0.29) is 11.7 Å². The van der Waals surface area contributed by atoms with Crippen LogP contribution in [0, 0.1) is 5.92 Å². The number of hydrogen-bond acceptors (Lipinski definition) is 2. The first kappa shape index (κ1) is 21.6. The van der Waals surface area contributed by atoms with Gasteiger partial charge in [0.05, 0.1) is 5.92 Å². The van der Waals surface area contributed by atoms with E-state index in [0.717, 1.165) is 44.1 Å². The highest BCUT2D eigenvalue weighted by atomic mass is 16.5. The van der Waals surface area contributed by atoms with E-state index in [1.54, 1.807) is 7.11 Å². The third-order valence-electron chi connectivity index (χ3n) is 6.37. The van der Waals surface area contributed by atoms with Gasteiger partial charge in [0.2, 0.25) is 0 Å². The van der Waals surface area contributed by atoms with Crippen LogP contribution in [0.3, 0.4) is 0 Å². The van der Waals surface area contributed by atoms with Gasteiger partial charge in [0, 0.05) is 12.7 Å². The topological polar surface area (TPSA) is 26.3 Å². The molecule has 0 radical (unpaired) electrons. The summed E-state index contributed by atoms with van der Waals surface area (Å²) in [6, 6.07) is 9.72. The van der Waals surface area contributed by atoms with Crippen LogP contribution >= 0.6 is 0 Å². The molecule has 0 fully saturated rings. The third kappa shape index (κ3) is 4.27. The fourth-order valence-corrected chi connectivity index (χ4v) is 4.38. The summed E-state index contributed by atoms with van der Waals surface area (Å²) in [6.07, 6.45) is 6.58. The fourth-order valence-electron chi connectivity index (χ4n) is 4.38. The predicted molar refractivity (Wildman–Crippen MR) is 114 cm³/mol. The van der Waals surface area contributed by atoms with Crippen molar-refractivity contribution in [3.8, 4) is 0 Å². The van der Waals surface area contributed by atoms with Gasteiger partial charge in [-0.3, -0.25) is 4.79 Å². The van der Waals surface area contributed by atoms with Crippen molar-refractivity contribution in [1.29, 1.82) is 0 Å². The Morgan fingerprint density at radius 1 is 1.04 bits per heavy atom. The first-order valence-electron chi connectivity index (χ1n) is 10.5. The van der Waals surface area contributed by atoms with E-state index in [2.05, 4.69) is 34.6 Å². The highest BCUT2D eigenvalue weighted by Crippen LogP contribution is 2.47.